The van der Waals surface area contributed by atoms with Crippen molar-refractivity contribution in [2.75, 3.05) is 5.32 Å². The highest BCUT2D eigenvalue weighted by atomic mass is 32.2. The molecule has 0 bridgehead atoms. The number of carbonyl (C=O) groups excluding carboxylic acids is 1. The van der Waals surface area contributed by atoms with Gasteiger partial charge < -0.3 is 11.1 Å². The maximum absolute atomic E-state index is 12.3. The normalized spacial score (nSPS) is 15.7. The number of nitrogens with one attached hydrogen (secondary N) is 1. The molecule has 1 aromatic rings. The van der Waals surface area contributed by atoms with Crippen molar-refractivity contribution in [1.29, 1.82) is 0 Å². The zero-order chi connectivity index (χ0) is 15.3. The molecule has 0 fully saturated rings. The minimum absolute atomic E-state index is 0.00822. The lowest BCUT2D eigenvalue weighted by Gasteiger charge is -2.20. The molecule has 112 valence electrons. The van der Waals surface area contributed by atoms with Gasteiger partial charge in [-0.2, -0.15) is 0 Å². The van der Waals surface area contributed by atoms with Crippen LogP contribution in [0.2, 0.25) is 0 Å². The first-order valence-electron chi connectivity index (χ1n) is 6.86. The van der Waals surface area contributed by atoms with E-state index >= 15 is 0 Å². The number of benzene rings is 1. The Hall–Kier alpha value is -1.20. The van der Waals surface area contributed by atoms with E-state index in [0.717, 1.165) is 5.56 Å². The molecule has 0 saturated heterocycles. The SMILES string of the molecule is CC(C)C(C)S(=O)C(C)C(=O)Nc1cccc(CN)c1. The molecule has 0 radical (unpaired) electrons. The van der Waals surface area contributed by atoms with E-state index < -0.39 is 16.0 Å². The van der Waals surface area contributed by atoms with Crippen molar-refractivity contribution in [3.63, 3.8) is 0 Å². The number of carbonyl (C=O) groups is 1. The highest BCUT2D eigenvalue weighted by molar-refractivity contribution is 7.87. The van der Waals surface area contributed by atoms with Crippen LogP contribution in [0.1, 0.15) is 33.3 Å². The van der Waals surface area contributed by atoms with Gasteiger partial charge in [0, 0.05) is 28.3 Å². The van der Waals surface area contributed by atoms with Crippen molar-refractivity contribution in [3.8, 4) is 0 Å². The molecule has 3 unspecified atom stereocenters. The molecule has 4 nitrogen and oxygen atoms in total. The van der Waals surface area contributed by atoms with Crippen LogP contribution in [0.15, 0.2) is 24.3 Å². The number of anilines is 1. The zero-order valence-electron chi connectivity index (χ0n) is 12.6. The molecular weight excluding hydrogens is 272 g/mol. The quantitative estimate of drug-likeness (QED) is 0.846. The predicted molar refractivity (Wildman–Crippen MR) is 84.9 cm³/mol. The average molecular weight is 296 g/mol. The van der Waals surface area contributed by atoms with Crippen LogP contribution in [0.3, 0.4) is 0 Å². The van der Waals surface area contributed by atoms with Crippen LogP contribution in [0, 0.1) is 5.92 Å². The van der Waals surface area contributed by atoms with Crippen LogP contribution >= 0.6 is 0 Å². The van der Waals surface area contributed by atoms with Crippen molar-refractivity contribution in [2.24, 2.45) is 11.7 Å². The Kier molecular flexibility index (Phi) is 6.36. The summed E-state index contributed by atoms with van der Waals surface area (Å²) in [5.74, 6) is 0.0663. The minimum Gasteiger partial charge on any atom is -0.326 e. The van der Waals surface area contributed by atoms with Gasteiger partial charge in [-0.25, -0.2) is 0 Å². The summed E-state index contributed by atoms with van der Waals surface area (Å²) in [7, 11) is -1.19. The summed E-state index contributed by atoms with van der Waals surface area (Å²) >= 11 is 0. The monoisotopic (exact) mass is 296 g/mol. The van der Waals surface area contributed by atoms with Gasteiger partial charge in [0.25, 0.3) is 0 Å². The first-order valence-corrected chi connectivity index (χ1v) is 8.13. The summed E-state index contributed by atoms with van der Waals surface area (Å²) in [5, 5.41) is 2.26. The van der Waals surface area contributed by atoms with E-state index in [-0.39, 0.29) is 17.1 Å². The second-order valence-corrected chi connectivity index (χ2v) is 7.42. The maximum Gasteiger partial charge on any atom is 0.239 e. The predicted octanol–water partition coefficient (Wildman–Crippen LogP) is 2.27. The standard InChI is InChI=1S/C15H24N2O2S/c1-10(2)11(3)20(19)12(4)15(18)17-14-7-5-6-13(8-14)9-16/h5-8,10-12H,9,16H2,1-4H3,(H,17,18). The highest BCUT2D eigenvalue weighted by Gasteiger charge is 2.26. The molecule has 0 aliphatic carbocycles. The molecule has 0 aliphatic rings. The van der Waals surface area contributed by atoms with Crippen LogP contribution in [-0.2, 0) is 22.1 Å². The van der Waals surface area contributed by atoms with E-state index in [1.807, 2.05) is 39.0 Å². The Morgan fingerprint density at radius 1 is 1.30 bits per heavy atom. The second-order valence-electron chi connectivity index (χ2n) is 5.31. The highest BCUT2D eigenvalue weighted by Crippen LogP contribution is 2.15. The third kappa shape index (κ3) is 4.42. The second kappa shape index (κ2) is 7.55. The lowest BCUT2D eigenvalue weighted by Crippen LogP contribution is -2.35. The number of amides is 1. The molecule has 0 aromatic heterocycles. The summed E-state index contributed by atoms with van der Waals surface area (Å²) in [5.41, 5.74) is 7.21. The van der Waals surface area contributed by atoms with Crippen molar-refractivity contribution in [3.05, 3.63) is 29.8 Å². The zero-order valence-corrected chi connectivity index (χ0v) is 13.4. The van der Waals surface area contributed by atoms with Gasteiger partial charge in [-0.1, -0.05) is 32.9 Å². The van der Waals surface area contributed by atoms with Gasteiger partial charge in [-0.3, -0.25) is 9.00 Å². The van der Waals surface area contributed by atoms with Gasteiger partial charge in [0.1, 0.15) is 5.25 Å². The lowest BCUT2D eigenvalue weighted by molar-refractivity contribution is -0.115. The Morgan fingerprint density at radius 2 is 1.95 bits per heavy atom. The molecule has 1 amide bonds. The van der Waals surface area contributed by atoms with Gasteiger partial charge in [0.05, 0.1) is 0 Å². The molecule has 1 rings (SSSR count). The van der Waals surface area contributed by atoms with Gasteiger partial charge in [-0.05, 0) is 30.5 Å². The number of hydrogen-bond acceptors (Lipinski definition) is 3. The Labute approximate surface area is 123 Å². The van der Waals surface area contributed by atoms with Crippen molar-refractivity contribution < 1.29 is 9.00 Å². The first kappa shape index (κ1) is 16.9. The molecule has 3 N–H and O–H groups in total. The summed E-state index contributed by atoms with van der Waals surface area (Å²) in [6.45, 7) is 8.07. The summed E-state index contributed by atoms with van der Waals surface area (Å²) in [6.07, 6.45) is 0. The molecular formula is C15H24N2O2S. The lowest BCUT2D eigenvalue weighted by atomic mass is 10.2. The Morgan fingerprint density at radius 3 is 2.50 bits per heavy atom. The van der Waals surface area contributed by atoms with E-state index in [1.165, 1.54) is 0 Å². The molecule has 20 heavy (non-hydrogen) atoms. The summed E-state index contributed by atoms with van der Waals surface area (Å²) < 4.78 is 12.3. The molecule has 0 spiro atoms. The van der Waals surface area contributed by atoms with E-state index in [1.54, 1.807) is 13.0 Å². The Balaban J connectivity index is 2.72. The average Bonchev–Trinajstić information content (AvgIpc) is 2.44. The fourth-order valence-corrected chi connectivity index (χ4v) is 3.17. The van der Waals surface area contributed by atoms with E-state index in [9.17, 15) is 9.00 Å². The third-order valence-electron chi connectivity index (χ3n) is 3.45. The third-order valence-corrected chi connectivity index (χ3v) is 5.64. The van der Waals surface area contributed by atoms with E-state index in [0.29, 0.717) is 12.2 Å². The molecule has 3 atom stereocenters. The summed E-state index contributed by atoms with van der Waals surface area (Å²) in [6, 6.07) is 7.38. The van der Waals surface area contributed by atoms with E-state index in [4.69, 9.17) is 5.73 Å². The molecule has 1 aromatic carbocycles. The largest absolute Gasteiger partial charge is 0.326 e. The summed E-state index contributed by atoms with van der Waals surface area (Å²) in [4.78, 5) is 12.1. The molecule has 5 heteroatoms. The number of rotatable bonds is 6. The first-order chi connectivity index (χ1) is 9.36. The fraction of sp³-hybridized carbons (Fsp3) is 0.533. The number of hydrogen-bond donors (Lipinski definition) is 2. The fourth-order valence-electron chi connectivity index (χ4n) is 1.72. The topological polar surface area (TPSA) is 72.2 Å². The van der Waals surface area contributed by atoms with Crippen molar-refractivity contribution in [2.45, 2.75) is 44.7 Å². The van der Waals surface area contributed by atoms with Crippen LogP contribution in [-0.4, -0.2) is 20.6 Å². The number of nitrogens with two attached hydrogens (primary N) is 1. The van der Waals surface area contributed by atoms with Crippen LogP contribution in [0.4, 0.5) is 5.69 Å². The van der Waals surface area contributed by atoms with Gasteiger partial charge >= 0.3 is 0 Å². The van der Waals surface area contributed by atoms with Crippen LogP contribution < -0.4 is 11.1 Å². The van der Waals surface area contributed by atoms with Gasteiger partial charge in [0.2, 0.25) is 5.91 Å². The molecule has 0 heterocycles. The van der Waals surface area contributed by atoms with Gasteiger partial charge in [0.15, 0.2) is 0 Å². The van der Waals surface area contributed by atoms with Crippen molar-refractivity contribution in [1.82, 2.24) is 0 Å². The smallest absolute Gasteiger partial charge is 0.239 e. The van der Waals surface area contributed by atoms with Gasteiger partial charge in [-0.15, -0.1) is 0 Å². The minimum atomic E-state index is -1.19. The molecule has 0 aliphatic heterocycles. The van der Waals surface area contributed by atoms with Crippen LogP contribution in [0.25, 0.3) is 0 Å². The maximum atomic E-state index is 12.3. The van der Waals surface area contributed by atoms with Crippen LogP contribution in [0.5, 0.6) is 0 Å². The van der Waals surface area contributed by atoms with E-state index in [2.05, 4.69) is 5.32 Å². The Bertz CT molecular complexity index is 489. The van der Waals surface area contributed by atoms with Crippen molar-refractivity contribution >= 4 is 22.4 Å². The molecule has 0 saturated carbocycles.